The van der Waals surface area contributed by atoms with Gasteiger partial charge in [-0.3, -0.25) is 4.90 Å². The Morgan fingerprint density at radius 2 is 1.97 bits per heavy atom. The Bertz CT molecular complexity index is 1420. The fourth-order valence-electron chi connectivity index (χ4n) is 4.49. The second-order valence-corrected chi connectivity index (χ2v) is 9.28. The molecule has 4 heterocycles. The average molecular weight is 503 g/mol. The standard InChI is InChI=1S/C26H27ClN8O/c1-18-15-19(21-16-23-25(22(17-28)30-21)31-32-33(23)2)6-7-24(18)36-14-4-9-34-10-12-35(13-11-34)26-20(27)5-3-8-29-26/h3,5-8,15-16H,4,9-14H2,1-2H3. The van der Waals surface area contributed by atoms with Crippen LogP contribution >= 0.6 is 11.6 Å². The molecule has 36 heavy (non-hydrogen) atoms. The van der Waals surface area contributed by atoms with E-state index in [0.717, 1.165) is 67.4 Å². The Balaban J connectivity index is 1.14. The largest absolute Gasteiger partial charge is 0.493 e. The number of pyridine rings is 2. The summed E-state index contributed by atoms with van der Waals surface area (Å²) in [6.07, 6.45) is 2.74. The van der Waals surface area contributed by atoms with Gasteiger partial charge in [0.05, 0.1) is 22.8 Å². The zero-order chi connectivity index (χ0) is 25.1. The molecule has 3 aromatic heterocycles. The number of halogens is 1. The molecule has 0 atom stereocenters. The molecule has 10 heteroatoms. The summed E-state index contributed by atoms with van der Waals surface area (Å²) in [7, 11) is 1.80. The first-order valence-corrected chi connectivity index (χ1v) is 12.3. The van der Waals surface area contributed by atoms with Crippen molar-refractivity contribution in [3.05, 3.63) is 58.9 Å². The normalized spacial score (nSPS) is 14.2. The van der Waals surface area contributed by atoms with Gasteiger partial charge in [0.25, 0.3) is 0 Å². The van der Waals surface area contributed by atoms with Crippen molar-refractivity contribution in [3.8, 4) is 23.1 Å². The van der Waals surface area contributed by atoms with E-state index < -0.39 is 0 Å². The van der Waals surface area contributed by atoms with Crippen molar-refractivity contribution in [3.63, 3.8) is 0 Å². The van der Waals surface area contributed by atoms with Crippen LogP contribution in [0.4, 0.5) is 5.82 Å². The SMILES string of the molecule is Cc1cc(-c2cc3c(nnn3C)c(C#N)n2)ccc1OCCCN1CCN(c2ncccc2Cl)CC1. The number of fused-ring (bicyclic) bond motifs is 1. The van der Waals surface area contributed by atoms with Gasteiger partial charge in [0.2, 0.25) is 0 Å². The predicted octanol–water partition coefficient (Wildman–Crippen LogP) is 3.85. The molecule has 1 aromatic carbocycles. The summed E-state index contributed by atoms with van der Waals surface area (Å²) in [4.78, 5) is 13.6. The monoisotopic (exact) mass is 502 g/mol. The second kappa shape index (κ2) is 10.5. The lowest BCUT2D eigenvalue weighted by Gasteiger charge is -2.35. The molecule has 4 aromatic rings. The first kappa shape index (κ1) is 24.0. The summed E-state index contributed by atoms with van der Waals surface area (Å²) in [6, 6.07) is 13.8. The number of nitrogens with zero attached hydrogens (tertiary/aromatic N) is 8. The van der Waals surface area contributed by atoms with E-state index in [1.54, 1.807) is 17.9 Å². The lowest BCUT2D eigenvalue weighted by atomic mass is 10.1. The van der Waals surface area contributed by atoms with E-state index in [4.69, 9.17) is 16.3 Å². The number of ether oxygens (including phenoxy) is 1. The first-order chi connectivity index (χ1) is 17.5. The summed E-state index contributed by atoms with van der Waals surface area (Å²) < 4.78 is 7.74. The highest BCUT2D eigenvalue weighted by molar-refractivity contribution is 6.32. The van der Waals surface area contributed by atoms with Crippen LogP contribution in [0.3, 0.4) is 0 Å². The quantitative estimate of drug-likeness (QED) is 0.352. The van der Waals surface area contributed by atoms with E-state index in [1.165, 1.54) is 0 Å². The van der Waals surface area contributed by atoms with E-state index in [1.807, 2.05) is 43.3 Å². The Morgan fingerprint density at radius 1 is 1.14 bits per heavy atom. The van der Waals surface area contributed by atoms with Gasteiger partial charge in [0.15, 0.2) is 5.69 Å². The zero-order valence-corrected chi connectivity index (χ0v) is 21.1. The number of hydrogen-bond donors (Lipinski definition) is 0. The molecule has 0 radical (unpaired) electrons. The number of benzene rings is 1. The molecule has 0 saturated carbocycles. The van der Waals surface area contributed by atoms with Crippen LogP contribution in [0.25, 0.3) is 22.3 Å². The van der Waals surface area contributed by atoms with Gasteiger partial charge in [-0.15, -0.1) is 5.10 Å². The van der Waals surface area contributed by atoms with Crippen molar-refractivity contribution in [2.75, 3.05) is 44.2 Å². The fourth-order valence-corrected chi connectivity index (χ4v) is 4.73. The van der Waals surface area contributed by atoms with Crippen LogP contribution in [0.5, 0.6) is 5.75 Å². The van der Waals surface area contributed by atoms with Crippen molar-refractivity contribution in [1.29, 1.82) is 5.26 Å². The van der Waals surface area contributed by atoms with E-state index in [-0.39, 0.29) is 5.69 Å². The number of nitriles is 1. The van der Waals surface area contributed by atoms with E-state index in [0.29, 0.717) is 22.8 Å². The Labute approximate surface area is 214 Å². The number of rotatable bonds is 7. The number of aromatic nitrogens is 5. The highest BCUT2D eigenvalue weighted by Crippen LogP contribution is 2.28. The maximum Gasteiger partial charge on any atom is 0.170 e. The molecule has 9 nitrogen and oxygen atoms in total. The Kier molecular flexibility index (Phi) is 6.98. The van der Waals surface area contributed by atoms with Gasteiger partial charge in [0, 0.05) is 51.5 Å². The van der Waals surface area contributed by atoms with E-state index in [9.17, 15) is 5.26 Å². The minimum atomic E-state index is 0.276. The van der Waals surface area contributed by atoms with Gasteiger partial charge < -0.3 is 9.64 Å². The van der Waals surface area contributed by atoms with Gasteiger partial charge in [0.1, 0.15) is 23.2 Å². The van der Waals surface area contributed by atoms with Crippen molar-refractivity contribution >= 4 is 28.5 Å². The first-order valence-electron chi connectivity index (χ1n) is 12.0. The maximum atomic E-state index is 9.48. The van der Waals surface area contributed by atoms with Crippen molar-refractivity contribution in [2.45, 2.75) is 13.3 Å². The smallest absolute Gasteiger partial charge is 0.170 e. The maximum absolute atomic E-state index is 9.48. The molecule has 5 rings (SSSR count). The van der Waals surface area contributed by atoms with E-state index in [2.05, 4.69) is 36.1 Å². The highest BCUT2D eigenvalue weighted by atomic mass is 35.5. The van der Waals surface area contributed by atoms with Crippen LogP contribution in [0.1, 0.15) is 17.7 Å². The molecule has 0 N–H and O–H groups in total. The molecule has 1 fully saturated rings. The minimum Gasteiger partial charge on any atom is -0.493 e. The summed E-state index contributed by atoms with van der Waals surface area (Å²) in [5, 5.41) is 18.2. The number of piperazine rings is 1. The topological polar surface area (TPSA) is 96.0 Å². The Hall–Kier alpha value is -3.74. The van der Waals surface area contributed by atoms with Crippen molar-refractivity contribution in [1.82, 2.24) is 29.9 Å². The third-order valence-corrected chi connectivity index (χ3v) is 6.76. The third-order valence-electron chi connectivity index (χ3n) is 6.46. The van der Waals surface area contributed by atoms with Gasteiger partial charge in [-0.1, -0.05) is 16.8 Å². The molecule has 0 spiro atoms. The van der Waals surface area contributed by atoms with Gasteiger partial charge >= 0.3 is 0 Å². The molecule has 0 bridgehead atoms. The molecule has 0 unspecified atom stereocenters. The summed E-state index contributed by atoms with van der Waals surface area (Å²) in [5.74, 6) is 1.73. The second-order valence-electron chi connectivity index (χ2n) is 8.87. The van der Waals surface area contributed by atoms with Gasteiger partial charge in [-0.25, -0.2) is 14.6 Å². The molecule has 1 aliphatic heterocycles. The predicted molar refractivity (Wildman–Crippen MR) is 139 cm³/mol. The lowest BCUT2D eigenvalue weighted by molar-refractivity contribution is 0.224. The number of anilines is 1. The van der Waals surface area contributed by atoms with Crippen LogP contribution in [-0.4, -0.2) is 69.2 Å². The van der Waals surface area contributed by atoms with Gasteiger partial charge in [-0.2, -0.15) is 5.26 Å². The summed E-state index contributed by atoms with van der Waals surface area (Å²) in [5.41, 5.74) is 4.23. The number of aryl methyl sites for hydroxylation is 2. The van der Waals surface area contributed by atoms with Crippen LogP contribution in [0, 0.1) is 18.3 Å². The summed E-state index contributed by atoms with van der Waals surface area (Å²) >= 11 is 6.29. The molecule has 1 aliphatic rings. The third kappa shape index (κ3) is 4.96. The van der Waals surface area contributed by atoms with E-state index >= 15 is 0 Å². The van der Waals surface area contributed by atoms with Crippen LogP contribution in [0.15, 0.2) is 42.6 Å². The average Bonchev–Trinajstić information content (AvgIpc) is 3.28. The van der Waals surface area contributed by atoms with Crippen molar-refractivity contribution in [2.24, 2.45) is 7.05 Å². The fraction of sp³-hybridized carbons (Fsp3) is 0.346. The Morgan fingerprint density at radius 3 is 2.72 bits per heavy atom. The number of hydrogen-bond acceptors (Lipinski definition) is 8. The zero-order valence-electron chi connectivity index (χ0n) is 20.4. The summed E-state index contributed by atoms with van der Waals surface area (Å²) in [6.45, 7) is 7.46. The minimum absolute atomic E-state index is 0.276. The lowest BCUT2D eigenvalue weighted by Crippen LogP contribution is -2.47. The van der Waals surface area contributed by atoms with Gasteiger partial charge in [-0.05, 0) is 55.3 Å². The van der Waals surface area contributed by atoms with Crippen LogP contribution < -0.4 is 9.64 Å². The molecule has 0 amide bonds. The molecule has 1 saturated heterocycles. The molecular formula is C26H27ClN8O. The van der Waals surface area contributed by atoms with Crippen molar-refractivity contribution < 1.29 is 4.74 Å². The molecule has 184 valence electrons. The highest BCUT2D eigenvalue weighted by Gasteiger charge is 2.19. The van der Waals surface area contributed by atoms with Crippen LogP contribution in [0.2, 0.25) is 5.02 Å². The van der Waals surface area contributed by atoms with Crippen LogP contribution in [-0.2, 0) is 7.05 Å². The molecular weight excluding hydrogens is 476 g/mol. The molecule has 0 aliphatic carbocycles.